The van der Waals surface area contributed by atoms with Crippen LogP contribution in [0.1, 0.15) is 183 Å². The number of aliphatic hydroxyl groups is 3. The minimum atomic E-state index is -1.20. The van der Waals surface area contributed by atoms with Gasteiger partial charge in [-0.2, -0.15) is 20.2 Å². The van der Waals surface area contributed by atoms with Gasteiger partial charge in [-0.3, -0.25) is 29.1 Å². The molecule has 3 amide bonds. The number of carboxylic acid groups (broad SMARTS) is 3. The van der Waals surface area contributed by atoms with E-state index in [4.69, 9.17) is 34.1 Å². The van der Waals surface area contributed by atoms with Gasteiger partial charge in [0.2, 0.25) is 0 Å². The van der Waals surface area contributed by atoms with Crippen molar-refractivity contribution in [1.82, 2.24) is 9.55 Å². The Kier molecular flexibility index (Phi) is 24.5. The van der Waals surface area contributed by atoms with Crippen molar-refractivity contribution in [3.8, 4) is 5.69 Å². The topological polar surface area (TPSA) is 290 Å². The average molecular weight is 1800 g/mol. The van der Waals surface area contributed by atoms with E-state index >= 15 is 0 Å². The number of aliphatic hydroxyl groups excluding tert-OH is 3. The molecule has 25 heteroatoms. The van der Waals surface area contributed by atoms with Crippen LogP contribution in [0.15, 0.2) is 281 Å². The summed E-state index contributed by atoms with van der Waals surface area (Å²) in [5.74, 6) is -2.39. The van der Waals surface area contributed by atoms with E-state index in [0.29, 0.717) is 79.0 Å². The zero-order valence-corrected chi connectivity index (χ0v) is 74.6. The molecule has 0 radical (unpaired) electrons. The third kappa shape index (κ3) is 16.9. The van der Waals surface area contributed by atoms with E-state index in [-0.39, 0.29) is 54.4 Å². The van der Waals surface area contributed by atoms with Crippen molar-refractivity contribution >= 4 is 162 Å². The number of aromatic carboxylic acids is 2. The second-order valence-corrected chi connectivity index (χ2v) is 36.3. The molecule has 12 aromatic rings. The fourth-order valence-corrected chi connectivity index (χ4v) is 22.0. The number of aryl methyl sites for hydroxylation is 1. The molecule has 3 saturated carbocycles. The third-order valence-electron chi connectivity index (χ3n) is 26.9. The second kappa shape index (κ2) is 37.2. The van der Waals surface area contributed by atoms with Crippen LogP contribution in [0.5, 0.6) is 0 Å². The molecule has 6 unspecified atom stereocenters. The van der Waals surface area contributed by atoms with Crippen molar-refractivity contribution in [2.24, 2.45) is 10.2 Å². The molecule has 8 heterocycles. The molecular formula is C108H93N11O12S2. The maximum Gasteiger partial charge on any atom is 0.335 e. The van der Waals surface area contributed by atoms with E-state index in [1.165, 1.54) is 140 Å². The molecule has 0 spiro atoms. The van der Waals surface area contributed by atoms with Crippen LogP contribution in [0.25, 0.3) is 45.7 Å². The number of pyridine rings is 1. The van der Waals surface area contributed by atoms with Crippen LogP contribution in [-0.4, -0.2) is 110 Å². The number of carbonyl (C=O) groups is 6. The molecule has 6 aliphatic heterocycles. The number of hydrogen-bond donors (Lipinski definition) is 6. The Labute approximate surface area is 778 Å². The standard InChI is InChI=1S/C30H27N3O4.C29H25N3O3.C27H21N3O2S2.C22H20N2O3/c1-18-25(29(35)33(31-18)23-12-8-21(9-13-23)30(36)37)15-20-7-14-28-26(16-20)24-3-2-4-27(24)32(28)22-10-5-19(17-34)6-11-22;1-18-24(28(33)32(30-18)22-13-11-20(12-14-22)29(34)35)16-19-10-15-27-25(17-19)23-8-5-9-26(23)31(27)21-6-3-2-4-7-21;31-16-17-4-7-19(8-5-17)29-23-3-1-2-21(23)22-14-18(6-9-24(22)29)15-25-26(32)30(27(33)34-25)20-10-12-28-13-11-20;1-23-19(22(26)27)12-15-7-10-21-18(11-15)17-3-2-4-20(17)24(21)16-8-5-14(13-25)6-9-16/h5-16,24,27,34H,2-4,17H2,1H3,(H,36,37);2-4,6-7,10-17,23,26H,5,8-9H2,1H3,(H,34,35);4-15,31H,1-3,16H2;5-12,17,20,25H,2-4,13H2,(H,26,27)/b25-15-;24-16-;25-15+;19-12-. The number of fused-ring (bicyclic) bond motifs is 12. The lowest BCUT2D eigenvalue weighted by Gasteiger charge is -2.27. The summed E-state index contributed by atoms with van der Waals surface area (Å²) in [6.45, 7) is 10.8. The molecule has 6 N–H and O–H groups in total. The Morgan fingerprint density at radius 3 is 1.32 bits per heavy atom. The fourth-order valence-electron chi connectivity index (χ4n) is 20.7. The lowest BCUT2D eigenvalue weighted by atomic mass is 9.95. The second-order valence-electron chi connectivity index (χ2n) is 34.7. The van der Waals surface area contributed by atoms with E-state index in [9.17, 15) is 44.1 Å². The van der Waals surface area contributed by atoms with Crippen LogP contribution in [-0.2, 0) is 51.8 Å². The number of aliphatic carboxylic acids is 1. The maximum atomic E-state index is 13.2. The molecule has 664 valence electrons. The SMILES string of the molecule is CC1=NN(c2ccc(C(=O)O)cc2)C(=O)/C1=C\c1ccc2c(c1)C1CCCC1N2c1ccc(CO)cc1.CC1=NN(c2ccc(C(=O)O)cc2)C(=O)/C1=C\c1ccc2c(c1)C1CCCC1N2c1ccccc1.O=C1/C(=C\c2ccc3c(c2)c2c(n3-c3ccc(CO)cc3)CCC2)SC(=S)N1c1ccncc1.[C-]#[N+]/C(=C\c1ccc2c(c1)C1CCCC1N2c1ccc(CO)cc1)C(=O)O. The number of hydrogen-bond acceptors (Lipinski definition) is 17. The molecule has 1 saturated heterocycles. The summed E-state index contributed by atoms with van der Waals surface area (Å²) in [5.41, 5.74) is 26.6. The number of thiocarbonyl (C=S) groups is 1. The number of carbonyl (C=O) groups excluding carboxylic acids is 3. The van der Waals surface area contributed by atoms with Crippen molar-refractivity contribution < 1.29 is 59.4 Å². The van der Waals surface area contributed by atoms with Crippen molar-refractivity contribution in [3.05, 3.63) is 360 Å². The molecule has 23 nitrogen and oxygen atoms in total. The highest BCUT2D eigenvalue weighted by molar-refractivity contribution is 8.27. The Hall–Kier alpha value is -14.8. The Bertz CT molecular complexity index is 6930. The summed E-state index contributed by atoms with van der Waals surface area (Å²) in [6.07, 6.45) is 24.2. The van der Waals surface area contributed by atoms with Gasteiger partial charge in [0, 0.05) is 99.2 Å². The highest BCUT2D eigenvalue weighted by Crippen LogP contribution is 2.56. The number of anilines is 9. The lowest BCUT2D eigenvalue weighted by molar-refractivity contribution is -0.132. The summed E-state index contributed by atoms with van der Waals surface area (Å²) < 4.78 is 2.87. The van der Waals surface area contributed by atoms with Gasteiger partial charge in [0.25, 0.3) is 23.4 Å². The largest absolute Gasteiger partial charge is 0.486 e. The number of para-hydroxylation sites is 1. The van der Waals surface area contributed by atoms with Crippen LogP contribution in [0.2, 0.25) is 0 Å². The van der Waals surface area contributed by atoms with E-state index in [1.807, 2.05) is 111 Å². The lowest BCUT2D eigenvalue weighted by Crippen LogP contribution is -2.27. The number of amides is 3. The maximum absolute atomic E-state index is 13.2. The highest BCUT2D eigenvalue weighted by Gasteiger charge is 2.46. The first-order valence-electron chi connectivity index (χ1n) is 44.7. The minimum absolute atomic E-state index is 0.0333. The van der Waals surface area contributed by atoms with Gasteiger partial charge in [-0.25, -0.2) is 14.4 Å². The first-order valence-corrected chi connectivity index (χ1v) is 46.0. The first kappa shape index (κ1) is 87.5. The summed E-state index contributed by atoms with van der Waals surface area (Å²) in [4.78, 5) is 89.6. The summed E-state index contributed by atoms with van der Waals surface area (Å²) >= 11 is 6.83. The molecule has 22 rings (SSSR count). The van der Waals surface area contributed by atoms with Crippen molar-refractivity contribution in [2.45, 2.75) is 147 Å². The normalized spacial score (nSPS) is 20.2. The van der Waals surface area contributed by atoms with Crippen LogP contribution in [0.3, 0.4) is 0 Å². The third-order valence-corrected chi connectivity index (χ3v) is 28.2. The molecule has 10 aromatic carbocycles. The summed E-state index contributed by atoms with van der Waals surface area (Å²) in [7, 11) is 0. The van der Waals surface area contributed by atoms with Gasteiger partial charge in [0.1, 0.15) is 0 Å². The number of benzene rings is 10. The van der Waals surface area contributed by atoms with E-state index in [1.54, 1.807) is 53.7 Å². The molecule has 133 heavy (non-hydrogen) atoms. The number of thioether (sulfide) groups is 1. The zero-order valence-electron chi connectivity index (χ0n) is 72.9. The summed E-state index contributed by atoms with van der Waals surface area (Å²) in [6, 6.07) is 77.2. The number of carboxylic acids is 3. The molecular weight excluding hydrogens is 1710 g/mol. The van der Waals surface area contributed by atoms with Crippen LogP contribution in [0.4, 0.5) is 51.2 Å². The quantitative estimate of drug-likeness (QED) is 0.0280. The smallest absolute Gasteiger partial charge is 0.335 e. The molecule has 6 atom stereocenters. The van der Waals surface area contributed by atoms with Gasteiger partial charge < -0.3 is 49.9 Å². The summed E-state index contributed by atoms with van der Waals surface area (Å²) in [5, 5.41) is 68.3. The van der Waals surface area contributed by atoms with Crippen LogP contribution in [0, 0.1) is 6.57 Å². The van der Waals surface area contributed by atoms with Gasteiger partial charge in [-0.1, -0.05) is 128 Å². The highest BCUT2D eigenvalue weighted by atomic mass is 32.2. The number of hydrazone groups is 2. The number of aromatic nitrogens is 2. The van der Waals surface area contributed by atoms with E-state index in [2.05, 4.69) is 136 Å². The molecule has 0 bridgehead atoms. The Balaban J connectivity index is 0.000000115. The number of nitrogens with zero attached hydrogens (tertiary/aromatic N) is 11. The Morgan fingerprint density at radius 2 is 0.880 bits per heavy atom. The van der Waals surface area contributed by atoms with Gasteiger partial charge in [-0.05, 0) is 309 Å². The van der Waals surface area contributed by atoms with E-state index < -0.39 is 17.9 Å². The van der Waals surface area contributed by atoms with Gasteiger partial charge in [0.05, 0.1) is 87.6 Å². The van der Waals surface area contributed by atoms with Crippen LogP contribution >= 0.6 is 24.0 Å². The molecule has 10 aliphatic rings. The minimum Gasteiger partial charge on any atom is -0.486 e. The fraction of sp³-hybridized carbons (Fsp3) is 0.213. The number of rotatable bonds is 17. The first-order chi connectivity index (χ1) is 64.7. The van der Waals surface area contributed by atoms with Crippen molar-refractivity contribution in [1.29, 1.82) is 0 Å². The van der Waals surface area contributed by atoms with Gasteiger partial charge >= 0.3 is 17.9 Å². The molecule has 4 aliphatic carbocycles. The Morgan fingerprint density at radius 1 is 0.459 bits per heavy atom. The van der Waals surface area contributed by atoms with Crippen LogP contribution < -0.4 is 29.6 Å². The van der Waals surface area contributed by atoms with E-state index in [0.717, 1.165) is 112 Å². The van der Waals surface area contributed by atoms with Gasteiger partial charge in [-0.15, -0.1) is 0 Å². The predicted molar refractivity (Wildman–Crippen MR) is 525 cm³/mol. The van der Waals surface area contributed by atoms with Gasteiger partial charge in [0.15, 0.2) is 4.32 Å². The van der Waals surface area contributed by atoms with Crippen molar-refractivity contribution in [3.63, 3.8) is 0 Å². The zero-order chi connectivity index (χ0) is 92.0. The molecule has 2 aromatic heterocycles. The van der Waals surface area contributed by atoms with Crippen molar-refractivity contribution in [2.75, 3.05) is 29.6 Å². The monoisotopic (exact) mass is 1800 g/mol. The average Bonchev–Trinajstić information content (AvgIpc) is 1.60. The molecule has 4 fully saturated rings. The predicted octanol–water partition coefficient (Wildman–Crippen LogP) is 21.2.